The van der Waals surface area contributed by atoms with Gasteiger partial charge < -0.3 is 15.8 Å². The van der Waals surface area contributed by atoms with E-state index in [4.69, 9.17) is 10.9 Å². The first-order valence-corrected chi connectivity index (χ1v) is 6.32. The SMILES string of the molecule is CCC(C)CN(CC)c1cccc(C(N)=NO)n1. The summed E-state index contributed by atoms with van der Waals surface area (Å²) in [6.07, 6.45) is 1.14. The average Bonchev–Trinajstić information content (AvgIpc) is 2.43. The Labute approximate surface area is 108 Å². The van der Waals surface area contributed by atoms with E-state index in [-0.39, 0.29) is 5.84 Å². The van der Waals surface area contributed by atoms with E-state index in [2.05, 4.69) is 35.8 Å². The third-order valence-electron chi connectivity index (χ3n) is 3.04. The van der Waals surface area contributed by atoms with Crippen LogP contribution in [0.4, 0.5) is 5.82 Å². The van der Waals surface area contributed by atoms with Crippen molar-refractivity contribution in [2.24, 2.45) is 16.8 Å². The van der Waals surface area contributed by atoms with Gasteiger partial charge in [-0.25, -0.2) is 4.98 Å². The molecule has 3 N–H and O–H groups in total. The highest BCUT2D eigenvalue weighted by Crippen LogP contribution is 2.14. The number of nitrogens with two attached hydrogens (primary N) is 1. The second-order valence-electron chi connectivity index (χ2n) is 4.42. The number of nitrogens with zero attached hydrogens (tertiary/aromatic N) is 3. The number of amidine groups is 1. The van der Waals surface area contributed by atoms with Crippen molar-refractivity contribution in [2.45, 2.75) is 27.2 Å². The summed E-state index contributed by atoms with van der Waals surface area (Å²) in [7, 11) is 0. The molecule has 1 aromatic rings. The summed E-state index contributed by atoms with van der Waals surface area (Å²) >= 11 is 0. The van der Waals surface area contributed by atoms with Gasteiger partial charge in [-0.3, -0.25) is 0 Å². The van der Waals surface area contributed by atoms with E-state index in [1.165, 1.54) is 0 Å². The standard InChI is InChI=1S/C13H22N4O/c1-4-10(3)9-17(5-2)12-8-6-7-11(15-12)13(14)16-18/h6-8,10,18H,4-5,9H2,1-3H3,(H2,14,16). The predicted octanol–water partition coefficient (Wildman–Crippen LogP) is 2.05. The Hall–Kier alpha value is -1.78. The van der Waals surface area contributed by atoms with Crippen LogP contribution < -0.4 is 10.6 Å². The van der Waals surface area contributed by atoms with Gasteiger partial charge in [0.1, 0.15) is 11.5 Å². The quantitative estimate of drug-likeness (QED) is 0.351. The molecule has 18 heavy (non-hydrogen) atoms. The van der Waals surface area contributed by atoms with E-state index < -0.39 is 0 Å². The van der Waals surface area contributed by atoms with E-state index in [1.807, 2.05) is 12.1 Å². The molecular weight excluding hydrogens is 228 g/mol. The molecule has 5 heteroatoms. The minimum absolute atomic E-state index is 0.0384. The third-order valence-corrected chi connectivity index (χ3v) is 3.04. The Bertz CT molecular complexity index is 406. The van der Waals surface area contributed by atoms with Gasteiger partial charge in [-0.2, -0.15) is 0 Å². The van der Waals surface area contributed by atoms with Crippen molar-refractivity contribution in [3.8, 4) is 0 Å². The van der Waals surface area contributed by atoms with Crippen molar-refractivity contribution in [2.75, 3.05) is 18.0 Å². The summed E-state index contributed by atoms with van der Waals surface area (Å²) < 4.78 is 0. The Balaban J connectivity index is 2.92. The average molecular weight is 250 g/mol. The van der Waals surface area contributed by atoms with Crippen molar-refractivity contribution in [1.29, 1.82) is 0 Å². The molecule has 0 saturated carbocycles. The van der Waals surface area contributed by atoms with Gasteiger partial charge >= 0.3 is 0 Å². The van der Waals surface area contributed by atoms with Gasteiger partial charge in [-0.05, 0) is 25.0 Å². The Kier molecular flexibility index (Phi) is 5.42. The normalized spacial score (nSPS) is 13.4. The number of anilines is 1. The molecule has 1 heterocycles. The minimum Gasteiger partial charge on any atom is -0.409 e. The Morgan fingerprint density at radius 1 is 1.50 bits per heavy atom. The number of rotatable bonds is 6. The second kappa shape index (κ2) is 6.83. The number of pyridine rings is 1. The Morgan fingerprint density at radius 3 is 2.78 bits per heavy atom. The molecule has 0 aliphatic heterocycles. The van der Waals surface area contributed by atoms with Gasteiger partial charge in [0.2, 0.25) is 0 Å². The molecule has 1 aromatic heterocycles. The van der Waals surface area contributed by atoms with Crippen LogP contribution in [0.2, 0.25) is 0 Å². The highest BCUT2D eigenvalue weighted by molar-refractivity contribution is 5.95. The number of oxime groups is 1. The maximum atomic E-state index is 8.67. The molecule has 0 amide bonds. The summed E-state index contributed by atoms with van der Waals surface area (Å²) in [6.45, 7) is 8.34. The summed E-state index contributed by atoms with van der Waals surface area (Å²) in [4.78, 5) is 6.61. The molecule has 0 radical (unpaired) electrons. The number of aromatic nitrogens is 1. The zero-order chi connectivity index (χ0) is 13.5. The molecular formula is C13H22N4O. The molecule has 0 aromatic carbocycles. The van der Waals surface area contributed by atoms with E-state index in [9.17, 15) is 0 Å². The van der Waals surface area contributed by atoms with E-state index >= 15 is 0 Å². The molecule has 0 saturated heterocycles. The first-order valence-electron chi connectivity index (χ1n) is 6.32. The Morgan fingerprint density at radius 2 is 2.22 bits per heavy atom. The van der Waals surface area contributed by atoms with Crippen LogP contribution in [-0.2, 0) is 0 Å². The second-order valence-corrected chi connectivity index (χ2v) is 4.42. The molecule has 1 unspecified atom stereocenters. The maximum Gasteiger partial charge on any atom is 0.188 e. The zero-order valence-corrected chi connectivity index (χ0v) is 11.3. The topological polar surface area (TPSA) is 74.7 Å². The molecule has 1 atom stereocenters. The van der Waals surface area contributed by atoms with Crippen LogP contribution in [-0.4, -0.2) is 29.1 Å². The lowest BCUT2D eigenvalue weighted by atomic mass is 10.1. The van der Waals surface area contributed by atoms with Crippen LogP contribution in [0.1, 0.15) is 32.9 Å². The van der Waals surface area contributed by atoms with E-state index in [1.54, 1.807) is 6.07 Å². The van der Waals surface area contributed by atoms with Gasteiger partial charge in [0.15, 0.2) is 5.84 Å². The summed E-state index contributed by atoms with van der Waals surface area (Å²) in [5.41, 5.74) is 6.05. The van der Waals surface area contributed by atoms with Crippen LogP contribution in [0.25, 0.3) is 0 Å². The van der Waals surface area contributed by atoms with Crippen molar-refractivity contribution in [3.05, 3.63) is 23.9 Å². The van der Waals surface area contributed by atoms with Crippen LogP contribution in [0.3, 0.4) is 0 Å². The van der Waals surface area contributed by atoms with Crippen LogP contribution in [0, 0.1) is 5.92 Å². The molecule has 5 nitrogen and oxygen atoms in total. The van der Waals surface area contributed by atoms with Crippen LogP contribution >= 0.6 is 0 Å². The van der Waals surface area contributed by atoms with Crippen molar-refractivity contribution in [3.63, 3.8) is 0 Å². The molecule has 0 bridgehead atoms. The van der Waals surface area contributed by atoms with E-state index in [0.29, 0.717) is 11.6 Å². The van der Waals surface area contributed by atoms with E-state index in [0.717, 1.165) is 25.3 Å². The summed E-state index contributed by atoms with van der Waals surface area (Å²) in [5, 5.41) is 11.6. The number of hydrogen-bond acceptors (Lipinski definition) is 4. The smallest absolute Gasteiger partial charge is 0.188 e. The van der Waals surface area contributed by atoms with Gasteiger partial charge in [0.05, 0.1) is 0 Å². The zero-order valence-electron chi connectivity index (χ0n) is 11.3. The molecule has 0 aliphatic rings. The summed E-state index contributed by atoms with van der Waals surface area (Å²) in [6, 6.07) is 5.55. The first-order chi connectivity index (χ1) is 8.62. The largest absolute Gasteiger partial charge is 0.409 e. The van der Waals surface area contributed by atoms with Crippen molar-refractivity contribution in [1.82, 2.24) is 4.98 Å². The molecule has 1 rings (SSSR count). The fourth-order valence-electron chi connectivity index (χ4n) is 1.68. The molecule has 0 spiro atoms. The number of hydrogen-bond donors (Lipinski definition) is 2. The van der Waals surface area contributed by atoms with Gasteiger partial charge in [-0.15, -0.1) is 0 Å². The lowest BCUT2D eigenvalue weighted by Crippen LogP contribution is -2.29. The highest BCUT2D eigenvalue weighted by atomic mass is 16.4. The monoisotopic (exact) mass is 250 g/mol. The molecule has 0 fully saturated rings. The van der Waals surface area contributed by atoms with Crippen molar-refractivity contribution >= 4 is 11.7 Å². The predicted molar refractivity (Wildman–Crippen MR) is 74.1 cm³/mol. The third kappa shape index (κ3) is 3.61. The highest BCUT2D eigenvalue weighted by Gasteiger charge is 2.11. The lowest BCUT2D eigenvalue weighted by molar-refractivity contribution is 0.318. The van der Waals surface area contributed by atoms with Gasteiger partial charge in [-0.1, -0.05) is 31.5 Å². The minimum atomic E-state index is 0.0384. The molecule has 0 aliphatic carbocycles. The van der Waals surface area contributed by atoms with Crippen LogP contribution in [0.15, 0.2) is 23.4 Å². The fourth-order valence-corrected chi connectivity index (χ4v) is 1.68. The summed E-state index contributed by atoms with van der Waals surface area (Å²) in [5.74, 6) is 1.51. The fraction of sp³-hybridized carbons (Fsp3) is 0.538. The van der Waals surface area contributed by atoms with Gasteiger partial charge in [0, 0.05) is 13.1 Å². The first kappa shape index (κ1) is 14.3. The van der Waals surface area contributed by atoms with Crippen molar-refractivity contribution < 1.29 is 5.21 Å². The van der Waals surface area contributed by atoms with Gasteiger partial charge in [0.25, 0.3) is 0 Å². The molecule has 100 valence electrons. The lowest BCUT2D eigenvalue weighted by Gasteiger charge is -2.25. The maximum absolute atomic E-state index is 8.67. The van der Waals surface area contributed by atoms with Crippen LogP contribution in [0.5, 0.6) is 0 Å².